The van der Waals surface area contributed by atoms with E-state index in [1.54, 1.807) is 0 Å². The minimum atomic E-state index is 0. The molecule has 6 N–H and O–H groups in total. The second-order valence-electron chi connectivity index (χ2n) is 4.28. The number of carbonyl (C=O) groups excluding carboxylic acids is 6. The summed E-state index contributed by atoms with van der Waals surface area (Å²) in [6.45, 7) is 9.00. The van der Waals surface area contributed by atoms with E-state index >= 15 is 0 Å². The first-order chi connectivity index (χ1) is 9.38. The molecule has 0 fully saturated rings. The van der Waals surface area contributed by atoms with E-state index in [9.17, 15) is 0 Å². The summed E-state index contributed by atoms with van der Waals surface area (Å²) in [4.78, 5) is 50.4. The van der Waals surface area contributed by atoms with Gasteiger partial charge >= 0.3 is 25.8 Å². The quantitative estimate of drug-likeness (QED) is 0.340. The molecule has 0 aliphatic rings. The molecule has 0 aliphatic heterocycles. The molecule has 6 nitrogen and oxygen atoms in total. The molecular formula is C15H27InO6+6. The molecule has 0 saturated carbocycles. The molecule has 0 saturated heterocycles. The third-order valence-corrected chi connectivity index (χ3v) is 1.25. The monoisotopic (exact) mass is 418 g/mol. The summed E-state index contributed by atoms with van der Waals surface area (Å²) in [5, 5.41) is 0. The van der Waals surface area contributed by atoms with Gasteiger partial charge in [0.05, 0.1) is 0 Å². The third-order valence-electron chi connectivity index (χ3n) is 1.25. The maximum Gasteiger partial charge on any atom is 3.00 e. The number of rotatable bonds is 6. The molecule has 0 heterocycles. The maximum absolute atomic E-state index is 8.40. The fraction of sp³-hybridized carbons (Fsp3) is 0.400. The van der Waals surface area contributed by atoms with Crippen LogP contribution in [0.5, 0.6) is 0 Å². The number of hydrogen-bond donors (Lipinski definition) is 0. The van der Waals surface area contributed by atoms with Crippen LogP contribution in [0.2, 0.25) is 0 Å². The van der Waals surface area contributed by atoms with Gasteiger partial charge in [-0.05, 0) is 0 Å². The molecule has 0 aromatic rings. The second-order valence-corrected chi connectivity index (χ2v) is 4.28. The molecule has 0 spiro atoms. The van der Waals surface area contributed by atoms with Gasteiger partial charge < -0.3 is 28.8 Å². The van der Waals surface area contributed by atoms with Gasteiger partial charge in [0.2, 0.25) is 0 Å². The van der Waals surface area contributed by atoms with E-state index in [-0.39, 0.29) is 60.5 Å². The van der Waals surface area contributed by atoms with Crippen LogP contribution in [0.3, 0.4) is 0 Å². The van der Waals surface area contributed by atoms with Crippen molar-refractivity contribution in [3.63, 3.8) is 0 Å². The topological polar surface area (TPSA) is 128 Å². The summed E-state index contributed by atoms with van der Waals surface area (Å²) in [6.07, 6.45) is 3.83. The fourth-order valence-electron chi connectivity index (χ4n) is 0.907. The molecule has 120 valence electrons. The largest absolute Gasteiger partial charge is 3.00 e. The van der Waals surface area contributed by atoms with Crippen molar-refractivity contribution in [2.45, 2.75) is 41.5 Å². The summed E-state index contributed by atoms with van der Waals surface area (Å²) in [7, 11) is 0. The Kier molecular flexibility index (Phi) is 22.8. The molecule has 0 aliphatic carbocycles. The van der Waals surface area contributed by atoms with Crippen molar-refractivity contribution >= 4 is 60.5 Å². The van der Waals surface area contributed by atoms with Crippen molar-refractivity contribution in [2.24, 2.45) is 0 Å². The SMILES string of the molecule is CC(=[OH+])[CH-]C(C)=[OH+].CC(=[OH+])[CH-]C(C)=[OH+].CC(=[OH+])[CH-]C(C)=[OH+].[In+3]. The van der Waals surface area contributed by atoms with E-state index in [0.29, 0.717) is 0 Å². The van der Waals surface area contributed by atoms with Crippen LogP contribution in [-0.2, 0) is 0 Å². The Bertz CT molecular complexity index is 314. The van der Waals surface area contributed by atoms with Gasteiger partial charge in [-0.3, -0.25) is 0 Å². The van der Waals surface area contributed by atoms with E-state index in [0.717, 1.165) is 0 Å². The molecule has 22 heavy (non-hydrogen) atoms. The molecule has 0 unspecified atom stereocenters. The van der Waals surface area contributed by atoms with E-state index < -0.39 is 0 Å². The Hall–Kier alpha value is -1.50. The molecule has 0 rings (SSSR count). The van der Waals surface area contributed by atoms with Crippen molar-refractivity contribution in [1.82, 2.24) is 0 Å². The Labute approximate surface area is 150 Å². The second kappa shape index (κ2) is 17.6. The first-order valence-electron chi connectivity index (χ1n) is 6.07. The summed E-state index contributed by atoms with van der Waals surface area (Å²) in [6, 6.07) is 0. The molecule has 0 atom stereocenters. The maximum atomic E-state index is 8.40. The van der Waals surface area contributed by atoms with Crippen molar-refractivity contribution in [3.05, 3.63) is 19.3 Å². The number of ketones is 6. The van der Waals surface area contributed by atoms with Crippen molar-refractivity contribution in [2.75, 3.05) is 0 Å². The number of hydrogen-bond acceptors (Lipinski definition) is 0. The van der Waals surface area contributed by atoms with E-state index in [1.165, 1.54) is 60.8 Å². The standard InChI is InChI=1S/3C5H7O2.In/c3*1-4(6)3-5(2)7;/h3*3H,1-2H3;/q3*-1;+3/p+6. The zero-order chi connectivity index (χ0) is 17.6. The molecule has 0 amide bonds. The van der Waals surface area contributed by atoms with Crippen LogP contribution in [0, 0.1) is 19.3 Å². The summed E-state index contributed by atoms with van der Waals surface area (Å²) in [5.41, 5.74) is 0. The Morgan fingerprint density at radius 2 is 0.500 bits per heavy atom. The molecular weight excluding hydrogens is 391 g/mol. The predicted octanol–water partition coefficient (Wildman–Crippen LogP) is 0.580. The summed E-state index contributed by atoms with van der Waals surface area (Å²) < 4.78 is 0. The van der Waals surface area contributed by atoms with Gasteiger partial charge in [0, 0.05) is 41.5 Å². The fourth-order valence-corrected chi connectivity index (χ4v) is 0.907. The van der Waals surface area contributed by atoms with Crippen molar-refractivity contribution < 1.29 is 28.8 Å². The van der Waals surface area contributed by atoms with Gasteiger partial charge in [0.1, 0.15) is 0 Å². The molecule has 0 radical (unpaired) electrons. The first-order valence-corrected chi connectivity index (χ1v) is 6.07. The van der Waals surface area contributed by atoms with Crippen LogP contribution >= 0.6 is 0 Å². The molecule has 0 aromatic heterocycles. The third kappa shape index (κ3) is 51.4. The minimum absolute atomic E-state index is 0. The zero-order valence-electron chi connectivity index (χ0n) is 14.0. The van der Waals surface area contributed by atoms with E-state index in [1.807, 2.05) is 0 Å². The van der Waals surface area contributed by atoms with Crippen molar-refractivity contribution in [1.29, 1.82) is 0 Å². The molecule has 7 heteroatoms. The minimum Gasteiger partial charge on any atom is -0.316 e. The van der Waals surface area contributed by atoms with E-state index in [2.05, 4.69) is 0 Å². The van der Waals surface area contributed by atoms with Crippen LogP contribution in [0.1, 0.15) is 41.5 Å². The van der Waals surface area contributed by atoms with Gasteiger partial charge in [-0.15, -0.1) is 0 Å². The molecule has 0 aromatic carbocycles. The van der Waals surface area contributed by atoms with E-state index in [4.69, 9.17) is 28.8 Å². The average molecular weight is 418 g/mol. The molecule has 0 bridgehead atoms. The Morgan fingerprint density at radius 3 is 0.500 bits per heavy atom. The van der Waals surface area contributed by atoms with Crippen LogP contribution in [0.25, 0.3) is 0 Å². The Balaban J connectivity index is -0.000000108. The smallest absolute Gasteiger partial charge is 0.316 e. The zero-order valence-corrected chi connectivity index (χ0v) is 17.3. The normalized spacial score (nSPS) is 7.36. The van der Waals surface area contributed by atoms with Gasteiger partial charge in [0.25, 0.3) is 0 Å². The van der Waals surface area contributed by atoms with Crippen molar-refractivity contribution in [3.8, 4) is 0 Å². The van der Waals surface area contributed by atoms with Gasteiger partial charge in [-0.2, -0.15) is 19.3 Å². The van der Waals surface area contributed by atoms with Crippen LogP contribution < -0.4 is 0 Å². The van der Waals surface area contributed by atoms with Gasteiger partial charge in [0.15, 0.2) is 34.7 Å². The summed E-state index contributed by atoms with van der Waals surface area (Å²) in [5.74, 6) is 0.750. The first kappa shape index (κ1) is 28.6. The van der Waals surface area contributed by atoms with Crippen LogP contribution in [0.4, 0.5) is 0 Å². The van der Waals surface area contributed by atoms with Crippen LogP contribution in [-0.4, -0.2) is 89.3 Å². The Morgan fingerprint density at radius 1 is 0.409 bits per heavy atom. The predicted molar refractivity (Wildman–Crippen MR) is 94.4 cm³/mol. The van der Waals surface area contributed by atoms with Gasteiger partial charge in [-0.25, -0.2) is 0 Å². The average Bonchev–Trinajstić information content (AvgIpc) is 2.10. The summed E-state index contributed by atoms with van der Waals surface area (Å²) >= 11 is 0. The van der Waals surface area contributed by atoms with Crippen LogP contribution in [0.15, 0.2) is 0 Å². The van der Waals surface area contributed by atoms with Gasteiger partial charge in [-0.1, -0.05) is 0 Å².